The monoisotopic (exact) mass is 207 g/mol. The molecule has 15 heavy (non-hydrogen) atoms. The summed E-state index contributed by atoms with van der Waals surface area (Å²) in [6.45, 7) is 4.29. The SMILES string of the molecule is CC(=O)NCc1cc2c(cc1C)OCO2. The zero-order chi connectivity index (χ0) is 10.8. The second kappa shape index (κ2) is 3.81. The summed E-state index contributed by atoms with van der Waals surface area (Å²) in [5, 5.41) is 2.76. The van der Waals surface area contributed by atoms with Gasteiger partial charge in [0.15, 0.2) is 11.5 Å². The molecule has 0 fully saturated rings. The minimum Gasteiger partial charge on any atom is -0.454 e. The van der Waals surface area contributed by atoms with E-state index in [0.717, 1.165) is 22.6 Å². The van der Waals surface area contributed by atoms with Crippen molar-refractivity contribution in [3.63, 3.8) is 0 Å². The van der Waals surface area contributed by atoms with Crippen LogP contribution in [0, 0.1) is 6.92 Å². The summed E-state index contributed by atoms with van der Waals surface area (Å²) in [6.07, 6.45) is 0. The van der Waals surface area contributed by atoms with Crippen molar-refractivity contribution in [1.82, 2.24) is 5.32 Å². The van der Waals surface area contributed by atoms with E-state index >= 15 is 0 Å². The van der Waals surface area contributed by atoms with Gasteiger partial charge in [-0.1, -0.05) is 0 Å². The van der Waals surface area contributed by atoms with Crippen molar-refractivity contribution in [3.8, 4) is 11.5 Å². The summed E-state index contributed by atoms with van der Waals surface area (Å²) in [5.74, 6) is 1.49. The molecular weight excluding hydrogens is 194 g/mol. The summed E-state index contributed by atoms with van der Waals surface area (Å²) >= 11 is 0. The lowest BCUT2D eigenvalue weighted by atomic mass is 10.1. The quantitative estimate of drug-likeness (QED) is 0.796. The van der Waals surface area contributed by atoms with Gasteiger partial charge >= 0.3 is 0 Å². The third-order valence-corrected chi connectivity index (χ3v) is 2.36. The van der Waals surface area contributed by atoms with E-state index in [0.29, 0.717) is 6.54 Å². The lowest BCUT2D eigenvalue weighted by molar-refractivity contribution is -0.119. The van der Waals surface area contributed by atoms with Crippen LogP contribution in [0.25, 0.3) is 0 Å². The largest absolute Gasteiger partial charge is 0.454 e. The Hall–Kier alpha value is -1.71. The van der Waals surface area contributed by atoms with E-state index in [1.54, 1.807) is 0 Å². The van der Waals surface area contributed by atoms with Gasteiger partial charge in [-0.25, -0.2) is 0 Å². The zero-order valence-electron chi connectivity index (χ0n) is 8.79. The molecule has 1 aromatic rings. The number of hydrogen-bond acceptors (Lipinski definition) is 3. The number of amides is 1. The van der Waals surface area contributed by atoms with Crippen molar-refractivity contribution in [3.05, 3.63) is 23.3 Å². The Labute approximate surface area is 88.2 Å². The maximum absolute atomic E-state index is 10.8. The maximum atomic E-state index is 10.8. The number of benzene rings is 1. The molecule has 80 valence electrons. The van der Waals surface area contributed by atoms with Crippen LogP contribution in [0.4, 0.5) is 0 Å². The van der Waals surface area contributed by atoms with Gasteiger partial charge < -0.3 is 14.8 Å². The smallest absolute Gasteiger partial charge is 0.231 e. The molecule has 0 aliphatic carbocycles. The van der Waals surface area contributed by atoms with Gasteiger partial charge in [0, 0.05) is 13.5 Å². The first kappa shape index (κ1) is 9.83. The van der Waals surface area contributed by atoms with Gasteiger partial charge in [0.25, 0.3) is 0 Å². The van der Waals surface area contributed by atoms with E-state index in [1.807, 2.05) is 19.1 Å². The van der Waals surface area contributed by atoms with Crippen LogP contribution in [-0.2, 0) is 11.3 Å². The minimum absolute atomic E-state index is 0.0351. The van der Waals surface area contributed by atoms with Crippen molar-refractivity contribution in [2.24, 2.45) is 0 Å². The van der Waals surface area contributed by atoms with Crippen LogP contribution < -0.4 is 14.8 Å². The van der Waals surface area contributed by atoms with Crippen LogP contribution in [0.15, 0.2) is 12.1 Å². The molecular formula is C11H13NO3. The van der Waals surface area contributed by atoms with Gasteiger partial charge in [-0.3, -0.25) is 4.79 Å². The fraction of sp³-hybridized carbons (Fsp3) is 0.364. The minimum atomic E-state index is -0.0351. The van der Waals surface area contributed by atoms with E-state index < -0.39 is 0 Å². The molecule has 0 aromatic heterocycles. The van der Waals surface area contributed by atoms with Crippen LogP contribution in [0.3, 0.4) is 0 Å². The highest BCUT2D eigenvalue weighted by atomic mass is 16.7. The number of carbonyl (C=O) groups excluding carboxylic acids is 1. The first-order chi connectivity index (χ1) is 7.16. The molecule has 0 unspecified atom stereocenters. The van der Waals surface area contributed by atoms with Crippen molar-refractivity contribution in [2.45, 2.75) is 20.4 Å². The zero-order valence-corrected chi connectivity index (χ0v) is 8.79. The van der Waals surface area contributed by atoms with E-state index in [1.165, 1.54) is 6.92 Å². The summed E-state index contributed by atoms with van der Waals surface area (Å²) in [5.41, 5.74) is 2.14. The van der Waals surface area contributed by atoms with Crippen LogP contribution in [0.1, 0.15) is 18.1 Å². The van der Waals surface area contributed by atoms with E-state index in [9.17, 15) is 4.79 Å². The fourth-order valence-corrected chi connectivity index (χ4v) is 1.50. The first-order valence-electron chi connectivity index (χ1n) is 4.80. The van der Waals surface area contributed by atoms with Crippen LogP contribution >= 0.6 is 0 Å². The van der Waals surface area contributed by atoms with Crippen LogP contribution in [-0.4, -0.2) is 12.7 Å². The highest BCUT2D eigenvalue weighted by Gasteiger charge is 2.15. The first-order valence-corrected chi connectivity index (χ1v) is 4.80. The molecule has 0 atom stereocenters. The van der Waals surface area contributed by atoms with Gasteiger partial charge in [0.2, 0.25) is 12.7 Å². The van der Waals surface area contributed by atoms with Crippen molar-refractivity contribution in [2.75, 3.05) is 6.79 Å². The molecule has 0 bridgehead atoms. The maximum Gasteiger partial charge on any atom is 0.231 e. The second-order valence-corrected chi connectivity index (χ2v) is 3.54. The van der Waals surface area contributed by atoms with Crippen molar-refractivity contribution < 1.29 is 14.3 Å². The van der Waals surface area contributed by atoms with Gasteiger partial charge in [-0.2, -0.15) is 0 Å². The number of ether oxygens (including phenoxy) is 2. The highest BCUT2D eigenvalue weighted by molar-refractivity contribution is 5.72. The summed E-state index contributed by atoms with van der Waals surface area (Å²) < 4.78 is 10.5. The predicted molar refractivity (Wildman–Crippen MR) is 54.8 cm³/mol. The topological polar surface area (TPSA) is 47.6 Å². The Morgan fingerprint density at radius 2 is 2.07 bits per heavy atom. The number of fused-ring (bicyclic) bond motifs is 1. The second-order valence-electron chi connectivity index (χ2n) is 3.54. The normalized spacial score (nSPS) is 12.7. The van der Waals surface area contributed by atoms with E-state index in [4.69, 9.17) is 9.47 Å². The number of carbonyl (C=O) groups is 1. The molecule has 0 saturated carbocycles. The standard InChI is InChI=1S/C11H13NO3/c1-7-3-10-11(15-6-14-10)4-9(7)5-12-8(2)13/h3-4H,5-6H2,1-2H3,(H,12,13). The van der Waals surface area contributed by atoms with E-state index in [2.05, 4.69) is 5.32 Å². The molecule has 1 aromatic carbocycles. The lowest BCUT2D eigenvalue weighted by Gasteiger charge is -2.07. The molecule has 1 N–H and O–H groups in total. The molecule has 4 heteroatoms. The van der Waals surface area contributed by atoms with Crippen LogP contribution in [0.5, 0.6) is 11.5 Å². The van der Waals surface area contributed by atoms with Gasteiger partial charge in [0.05, 0.1) is 0 Å². The highest BCUT2D eigenvalue weighted by Crippen LogP contribution is 2.34. The average Bonchev–Trinajstić information content (AvgIpc) is 2.60. The Kier molecular flexibility index (Phi) is 2.49. The Morgan fingerprint density at radius 3 is 2.73 bits per heavy atom. The Balaban J connectivity index is 2.21. The third-order valence-electron chi connectivity index (χ3n) is 2.36. The molecule has 1 aliphatic rings. The average molecular weight is 207 g/mol. The Bertz CT molecular complexity index is 401. The fourth-order valence-electron chi connectivity index (χ4n) is 1.50. The van der Waals surface area contributed by atoms with Gasteiger partial charge in [-0.05, 0) is 30.2 Å². The molecule has 0 spiro atoms. The van der Waals surface area contributed by atoms with Gasteiger partial charge in [-0.15, -0.1) is 0 Å². The summed E-state index contributed by atoms with van der Waals surface area (Å²) in [4.78, 5) is 10.8. The number of aryl methyl sites for hydroxylation is 1. The molecule has 0 saturated heterocycles. The van der Waals surface area contributed by atoms with Crippen LogP contribution in [0.2, 0.25) is 0 Å². The molecule has 4 nitrogen and oxygen atoms in total. The third kappa shape index (κ3) is 2.03. The molecule has 1 amide bonds. The molecule has 1 heterocycles. The number of hydrogen-bond donors (Lipinski definition) is 1. The predicted octanol–water partition coefficient (Wildman–Crippen LogP) is 1.36. The summed E-state index contributed by atoms with van der Waals surface area (Å²) in [6, 6.07) is 3.84. The van der Waals surface area contributed by atoms with Crippen molar-refractivity contribution in [1.29, 1.82) is 0 Å². The molecule has 1 aliphatic heterocycles. The van der Waals surface area contributed by atoms with Crippen molar-refractivity contribution >= 4 is 5.91 Å². The Morgan fingerprint density at radius 1 is 1.40 bits per heavy atom. The number of nitrogens with one attached hydrogen (secondary N) is 1. The summed E-state index contributed by atoms with van der Waals surface area (Å²) in [7, 11) is 0. The van der Waals surface area contributed by atoms with E-state index in [-0.39, 0.29) is 12.7 Å². The van der Waals surface area contributed by atoms with Gasteiger partial charge in [0.1, 0.15) is 0 Å². The lowest BCUT2D eigenvalue weighted by Crippen LogP contribution is -2.19. The molecule has 2 rings (SSSR count). The number of rotatable bonds is 2. The molecule has 0 radical (unpaired) electrons.